The van der Waals surface area contributed by atoms with Crippen LogP contribution < -0.4 is 5.73 Å². The van der Waals surface area contributed by atoms with Gasteiger partial charge in [0.2, 0.25) is 5.91 Å². The van der Waals surface area contributed by atoms with Gasteiger partial charge in [0.25, 0.3) is 0 Å². The fourth-order valence-electron chi connectivity index (χ4n) is 1.73. The first-order chi connectivity index (χ1) is 7.95. The first kappa shape index (κ1) is 16.3. The highest BCUT2D eigenvalue weighted by molar-refractivity contribution is 7.80. The molecule has 3 N–H and O–H groups in total. The second-order valence-corrected chi connectivity index (χ2v) is 5.00. The second kappa shape index (κ2) is 8.42. The number of carbonyl (C=O) groups is 1. The third kappa shape index (κ3) is 5.46. The van der Waals surface area contributed by atoms with E-state index in [1.165, 1.54) is 0 Å². The largest absolute Gasteiger partial charge is 0.395 e. The lowest BCUT2D eigenvalue weighted by Gasteiger charge is -2.28. The number of hydrogen-bond acceptors (Lipinski definition) is 3. The summed E-state index contributed by atoms with van der Waals surface area (Å²) in [4.78, 5) is 14.2. The van der Waals surface area contributed by atoms with E-state index in [0.717, 1.165) is 12.8 Å². The topological polar surface area (TPSA) is 66.6 Å². The monoisotopic (exact) mass is 260 g/mol. The molecule has 0 bridgehead atoms. The summed E-state index contributed by atoms with van der Waals surface area (Å²) in [6.07, 6.45) is 1.93. The molecule has 100 valence electrons. The van der Waals surface area contributed by atoms with Crippen molar-refractivity contribution in [2.75, 3.05) is 19.7 Å². The summed E-state index contributed by atoms with van der Waals surface area (Å²) in [6, 6.07) is 0. The number of nitrogens with zero attached hydrogens (tertiary/aromatic N) is 1. The SMILES string of the molecule is CCCCN(CCO)C(=O)C(C(N)=S)C(C)C. The van der Waals surface area contributed by atoms with Gasteiger partial charge in [-0.1, -0.05) is 39.4 Å². The zero-order chi connectivity index (χ0) is 13.4. The van der Waals surface area contributed by atoms with E-state index in [4.69, 9.17) is 23.1 Å². The molecule has 0 rings (SSSR count). The van der Waals surface area contributed by atoms with Crippen LogP contribution in [0.2, 0.25) is 0 Å². The smallest absolute Gasteiger partial charge is 0.232 e. The van der Waals surface area contributed by atoms with Crippen molar-refractivity contribution >= 4 is 23.1 Å². The summed E-state index contributed by atoms with van der Waals surface area (Å²) < 4.78 is 0. The van der Waals surface area contributed by atoms with Gasteiger partial charge in [0.05, 0.1) is 17.5 Å². The molecule has 5 heteroatoms. The first-order valence-electron chi connectivity index (χ1n) is 6.14. The van der Waals surface area contributed by atoms with E-state index in [2.05, 4.69) is 6.92 Å². The third-order valence-electron chi connectivity index (χ3n) is 2.70. The van der Waals surface area contributed by atoms with Crippen molar-refractivity contribution in [3.8, 4) is 0 Å². The lowest BCUT2D eigenvalue weighted by atomic mass is 9.94. The van der Waals surface area contributed by atoms with E-state index in [1.807, 2.05) is 13.8 Å². The van der Waals surface area contributed by atoms with E-state index in [-0.39, 0.29) is 23.4 Å². The molecule has 0 fully saturated rings. The Kier molecular flexibility index (Phi) is 8.08. The Morgan fingerprint density at radius 1 is 1.41 bits per heavy atom. The summed E-state index contributed by atoms with van der Waals surface area (Å²) in [5, 5.41) is 8.99. The van der Waals surface area contributed by atoms with Crippen molar-refractivity contribution in [1.82, 2.24) is 4.90 Å². The van der Waals surface area contributed by atoms with Gasteiger partial charge >= 0.3 is 0 Å². The molecule has 0 aromatic heterocycles. The molecule has 0 saturated heterocycles. The van der Waals surface area contributed by atoms with E-state index in [0.29, 0.717) is 13.1 Å². The van der Waals surface area contributed by atoms with Crippen LogP contribution in [0.25, 0.3) is 0 Å². The Hall–Kier alpha value is -0.680. The lowest BCUT2D eigenvalue weighted by Crippen LogP contribution is -2.45. The number of aliphatic hydroxyl groups excluding tert-OH is 1. The number of carbonyl (C=O) groups excluding carboxylic acids is 1. The molecule has 0 aliphatic carbocycles. The minimum atomic E-state index is -0.423. The zero-order valence-electron chi connectivity index (χ0n) is 11.0. The minimum Gasteiger partial charge on any atom is -0.395 e. The number of aliphatic hydroxyl groups is 1. The highest BCUT2D eigenvalue weighted by Gasteiger charge is 2.28. The number of hydrogen-bond donors (Lipinski definition) is 2. The molecule has 1 amide bonds. The van der Waals surface area contributed by atoms with Crippen LogP contribution in [0.1, 0.15) is 33.6 Å². The lowest BCUT2D eigenvalue weighted by molar-refractivity contribution is -0.135. The molecule has 0 spiro atoms. The molecular formula is C12H24N2O2S. The quantitative estimate of drug-likeness (QED) is 0.643. The van der Waals surface area contributed by atoms with Gasteiger partial charge in [-0.25, -0.2) is 0 Å². The van der Waals surface area contributed by atoms with Gasteiger partial charge in [0, 0.05) is 13.1 Å². The predicted molar refractivity (Wildman–Crippen MR) is 73.7 cm³/mol. The Morgan fingerprint density at radius 3 is 2.35 bits per heavy atom. The number of nitrogens with two attached hydrogens (primary N) is 1. The average Bonchev–Trinajstić information content (AvgIpc) is 2.22. The molecule has 0 aliphatic heterocycles. The molecule has 0 aliphatic rings. The average molecular weight is 260 g/mol. The zero-order valence-corrected chi connectivity index (χ0v) is 11.8. The summed E-state index contributed by atoms with van der Waals surface area (Å²) in [5.41, 5.74) is 5.62. The van der Waals surface area contributed by atoms with Gasteiger partial charge < -0.3 is 15.7 Å². The number of amides is 1. The number of thiocarbonyl (C=S) groups is 1. The molecule has 0 aromatic rings. The molecule has 0 saturated carbocycles. The highest BCUT2D eigenvalue weighted by Crippen LogP contribution is 2.15. The Morgan fingerprint density at radius 2 is 2.00 bits per heavy atom. The van der Waals surface area contributed by atoms with Crippen LogP contribution in [0.15, 0.2) is 0 Å². The van der Waals surface area contributed by atoms with Gasteiger partial charge in [-0.2, -0.15) is 0 Å². The number of unbranched alkanes of at least 4 members (excludes halogenated alkanes) is 1. The molecule has 1 unspecified atom stereocenters. The first-order valence-corrected chi connectivity index (χ1v) is 6.55. The minimum absolute atomic E-state index is 0.0302. The molecule has 0 heterocycles. The molecular weight excluding hydrogens is 236 g/mol. The molecule has 17 heavy (non-hydrogen) atoms. The van der Waals surface area contributed by atoms with Crippen molar-refractivity contribution in [2.45, 2.75) is 33.6 Å². The maximum absolute atomic E-state index is 12.3. The van der Waals surface area contributed by atoms with Crippen LogP contribution in [-0.4, -0.2) is 40.6 Å². The van der Waals surface area contributed by atoms with Gasteiger partial charge in [0.15, 0.2) is 0 Å². The van der Waals surface area contributed by atoms with Crippen molar-refractivity contribution in [1.29, 1.82) is 0 Å². The molecule has 4 nitrogen and oxygen atoms in total. The van der Waals surface area contributed by atoms with Crippen LogP contribution >= 0.6 is 12.2 Å². The Balaban J connectivity index is 4.71. The van der Waals surface area contributed by atoms with Crippen molar-refractivity contribution < 1.29 is 9.90 Å². The van der Waals surface area contributed by atoms with Crippen LogP contribution in [0, 0.1) is 11.8 Å². The van der Waals surface area contributed by atoms with Gasteiger partial charge in [-0.15, -0.1) is 0 Å². The van der Waals surface area contributed by atoms with E-state index in [9.17, 15) is 4.79 Å². The van der Waals surface area contributed by atoms with Gasteiger partial charge in [0.1, 0.15) is 0 Å². The normalized spacial score (nSPS) is 12.5. The van der Waals surface area contributed by atoms with Crippen LogP contribution in [0.3, 0.4) is 0 Å². The third-order valence-corrected chi connectivity index (χ3v) is 2.96. The van der Waals surface area contributed by atoms with E-state index < -0.39 is 5.92 Å². The molecule has 0 aromatic carbocycles. The number of rotatable bonds is 8. The van der Waals surface area contributed by atoms with Crippen LogP contribution in [-0.2, 0) is 4.79 Å². The Labute approximate surface area is 109 Å². The fourth-order valence-corrected chi connectivity index (χ4v) is 2.11. The van der Waals surface area contributed by atoms with Crippen molar-refractivity contribution in [2.24, 2.45) is 17.6 Å². The van der Waals surface area contributed by atoms with Gasteiger partial charge in [-0.05, 0) is 12.3 Å². The fraction of sp³-hybridized carbons (Fsp3) is 0.833. The summed E-state index contributed by atoms with van der Waals surface area (Å²) in [5.74, 6) is -0.397. The standard InChI is InChI=1S/C12H24N2O2S/c1-4-5-6-14(7-8-15)12(16)10(9(2)3)11(13)17/h9-10,15H,4-8H2,1-3H3,(H2,13,17). The van der Waals surface area contributed by atoms with Crippen molar-refractivity contribution in [3.63, 3.8) is 0 Å². The van der Waals surface area contributed by atoms with Crippen LogP contribution in [0.4, 0.5) is 0 Å². The highest BCUT2D eigenvalue weighted by atomic mass is 32.1. The predicted octanol–water partition coefficient (Wildman–Crippen LogP) is 1.17. The second-order valence-electron chi connectivity index (χ2n) is 4.53. The summed E-state index contributed by atoms with van der Waals surface area (Å²) >= 11 is 4.95. The molecule has 0 radical (unpaired) electrons. The maximum Gasteiger partial charge on any atom is 0.232 e. The van der Waals surface area contributed by atoms with E-state index in [1.54, 1.807) is 4.90 Å². The Bertz CT molecular complexity index is 257. The summed E-state index contributed by atoms with van der Waals surface area (Å²) in [7, 11) is 0. The van der Waals surface area contributed by atoms with Gasteiger partial charge in [-0.3, -0.25) is 4.79 Å². The molecule has 1 atom stereocenters. The summed E-state index contributed by atoms with van der Waals surface area (Å²) in [6.45, 7) is 6.90. The van der Waals surface area contributed by atoms with Crippen LogP contribution in [0.5, 0.6) is 0 Å². The van der Waals surface area contributed by atoms with E-state index >= 15 is 0 Å². The maximum atomic E-state index is 12.3. The van der Waals surface area contributed by atoms with Crippen molar-refractivity contribution in [3.05, 3.63) is 0 Å².